The van der Waals surface area contributed by atoms with E-state index in [9.17, 15) is 23.3 Å². The standard InChI is InChI=1S/C18H16F3N5O3S/c19-18(20,21)13-1-2-14(15(9-13)26(27)28)25-6-4-24(5-7-25)10-16-22-17(23-29-16)12-3-8-30-11-12/h1-3,8-9,11H,4-7,10H2. The van der Waals surface area contributed by atoms with Crippen LogP contribution >= 0.6 is 11.3 Å². The molecule has 4 rings (SSSR count). The summed E-state index contributed by atoms with van der Waals surface area (Å²) in [4.78, 5) is 18.7. The lowest BCUT2D eigenvalue weighted by molar-refractivity contribution is -0.384. The highest BCUT2D eigenvalue weighted by Crippen LogP contribution is 2.36. The van der Waals surface area contributed by atoms with Crippen LogP contribution in [0.2, 0.25) is 0 Å². The monoisotopic (exact) mass is 439 g/mol. The van der Waals surface area contributed by atoms with Crippen molar-refractivity contribution in [3.63, 3.8) is 0 Å². The predicted molar refractivity (Wildman–Crippen MR) is 103 cm³/mol. The molecule has 1 saturated heterocycles. The molecule has 0 spiro atoms. The Morgan fingerprint density at radius 3 is 2.60 bits per heavy atom. The summed E-state index contributed by atoms with van der Waals surface area (Å²) in [7, 11) is 0. The van der Waals surface area contributed by atoms with Crippen molar-refractivity contribution < 1.29 is 22.6 Å². The van der Waals surface area contributed by atoms with Crippen LogP contribution in [0.3, 0.4) is 0 Å². The van der Waals surface area contributed by atoms with Crippen LogP contribution in [0, 0.1) is 10.1 Å². The Morgan fingerprint density at radius 1 is 1.20 bits per heavy atom. The zero-order valence-corrected chi connectivity index (χ0v) is 16.3. The SMILES string of the molecule is O=[N+]([O-])c1cc(C(F)(F)F)ccc1N1CCN(Cc2nc(-c3ccsc3)no2)CC1. The number of hydrogen-bond donors (Lipinski definition) is 0. The van der Waals surface area contributed by atoms with Gasteiger partial charge < -0.3 is 9.42 Å². The van der Waals surface area contributed by atoms with Crippen LogP contribution in [-0.2, 0) is 12.7 Å². The molecule has 0 atom stereocenters. The minimum Gasteiger partial charge on any atom is -0.363 e. The quantitative estimate of drug-likeness (QED) is 0.438. The molecular weight excluding hydrogens is 423 g/mol. The van der Waals surface area contributed by atoms with Crippen LogP contribution in [0.25, 0.3) is 11.4 Å². The van der Waals surface area contributed by atoms with E-state index in [2.05, 4.69) is 15.0 Å². The van der Waals surface area contributed by atoms with Gasteiger partial charge in [0.15, 0.2) is 0 Å². The van der Waals surface area contributed by atoms with E-state index in [1.54, 1.807) is 4.90 Å². The van der Waals surface area contributed by atoms with Crippen molar-refractivity contribution in [3.8, 4) is 11.4 Å². The highest BCUT2D eigenvalue weighted by Gasteiger charge is 2.34. The van der Waals surface area contributed by atoms with Gasteiger partial charge >= 0.3 is 6.18 Å². The van der Waals surface area contributed by atoms with E-state index in [4.69, 9.17) is 4.52 Å². The summed E-state index contributed by atoms with van der Waals surface area (Å²) in [5.41, 5.74) is -0.510. The van der Waals surface area contributed by atoms with E-state index in [0.717, 1.165) is 11.6 Å². The molecule has 8 nitrogen and oxygen atoms in total. The molecule has 158 valence electrons. The molecule has 12 heteroatoms. The summed E-state index contributed by atoms with van der Waals surface area (Å²) in [5.74, 6) is 0.982. The minimum atomic E-state index is -4.63. The Kier molecular flexibility index (Phi) is 5.43. The maximum atomic E-state index is 12.9. The first-order valence-electron chi connectivity index (χ1n) is 8.99. The number of hydrogen-bond acceptors (Lipinski definition) is 8. The van der Waals surface area contributed by atoms with Crippen molar-refractivity contribution in [1.82, 2.24) is 15.0 Å². The lowest BCUT2D eigenvalue weighted by atomic mass is 10.1. The van der Waals surface area contributed by atoms with Crippen LogP contribution in [-0.4, -0.2) is 46.1 Å². The summed E-state index contributed by atoms with van der Waals surface area (Å²) in [6.45, 7) is 2.39. The summed E-state index contributed by atoms with van der Waals surface area (Å²) >= 11 is 1.53. The van der Waals surface area contributed by atoms with E-state index in [1.165, 1.54) is 17.4 Å². The highest BCUT2D eigenvalue weighted by atomic mass is 32.1. The van der Waals surface area contributed by atoms with Gasteiger partial charge in [0.1, 0.15) is 5.69 Å². The second-order valence-corrected chi connectivity index (χ2v) is 7.53. The number of nitro groups is 1. The van der Waals surface area contributed by atoms with E-state index in [0.29, 0.717) is 50.5 Å². The van der Waals surface area contributed by atoms with Crippen LogP contribution < -0.4 is 4.90 Å². The average Bonchev–Trinajstić information content (AvgIpc) is 3.39. The van der Waals surface area contributed by atoms with Crippen molar-refractivity contribution in [2.45, 2.75) is 12.7 Å². The maximum absolute atomic E-state index is 12.9. The molecule has 1 aliphatic heterocycles. The largest absolute Gasteiger partial charge is 0.416 e. The molecule has 1 fully saturated rings. The van der Waals surface area contributed by atoms with Crippen LogP contribution in [0.15, 0.2) is 39.5 Å². The number of alkyl halides is 3. The van der Waals surface area contributed by atoms with Crippen LogP contribution in [0.4, 0.5) is 24.5 Å². The van der Waals surface area contributed by atoms with Crippen molar-refractivity contribution in [2.24, 2.45) is 0 Å². The molecule has 30 heavy (non-hydrogen) atoms. The smallest absolute Gasteiger partial charge is 0.363 e. The second-order valence-electron chi connectivity index (χ2n) is 6.75. The van der Waals surface area contributed by atoms with Gasteiger partial charge in [0, 0.05) is 43.2 Å². The van der Waals surface area contributed by atoms with Gasteiger partial charge in [0.2, 0.25) is 11.7 Å². The molecule has 0 aliphatic carbocycles. The molecule has 0 saturated carbocycles. The molecule has 0 unspecified atom stereocenters. The fourth-order valence-corrected chi connectivity index (χ4v) is 3.91. The fourth-order valence-electron chi connectivity index (χ4n) is 3.28. The van der Waals surface area contributed by atoms with Crippen molar-refractivity contribution in [1.29, 1.82) is 0 Å². The number of rotatable bonds is 5. The molecule has 0 amide bonds. The predicted octanol–water partition coefficient (Wildman–Crippen LogP) is 4.05. The fraction of sp³-hybridized carbons (Fsp3) is 0.333. The topological polar surface area (TPSA) is 88.5 Å². The molecule has 1 aliphatic rings. The van der Waals surface area contributed by atoms with E-state index >= 15 is 0 Å². The molecule has 3 aromatic rings. The number of piperazine rings is 1. The first-order valence-corrected chi connectivity index (χ1v) is 9.93. The van der Waals surface area contributed by atoms with Gasteiger partial charge in [0.25, 0.3) is 5.69 Å². The third-order valence-corrected chi connectivity index (χ3v) is 5.50. The number of halogens is 3. The molecular formula is C18H16F3N5O3S. The third kappa shape index (κ3) is 4.28. The molecule has 0 N–H and O–H groups in total. The lowest BCUT2D eigenvalue weighted by Crippen LogP contribution is -2.46. The number of nitro benzene ring substituents is 1. The Balaban J connectivity index is 1.42. The Hall–Kier alpha value is -2.99. The number of thiophene rings is 1. The molecule has 0 radical (unpaired) electrons. The van der Waals surface area contributed by atoms with Gasteiger partial charge in [0.05, 0.1) is 17.0 Å². The van der Waals surface area contributed by atoms with Crippen molar-refractivity contribution in [3.05, 3.63) is 56.6 Å². The van der Waals surface area contributed by atoms with Crippen molar-refractivity contribution in [2.75, 3.05) is 31.1 Å². The summed E-state index contributed by atoms with van der Waals surface area (Å²) in [6, 6.07) is 4.53. The number of aromatic nitrogens is 2. The summed E-state index contributed by atoms with van der Waals surface area (Å²) < 4.78 is 44.0. The number of benzene rings is 1. The van der Waals surface area contributed by atoms with Gasteiger partial charge in [-0.3, -0.25) is 15.0 Å². The van der Waals surface area contributed by atoms with Crippen LogP contribution in [0.5, 0.6) is 0 Å². The first kappa shape index (κ1) is 20.3. The summed E-state index contributed by atoms with van der Waals surface area (Å²) in [6.07, 6.45) is -4.63. The Morgan fingerprint density at radius 2 is 1.97 bits per heavy atom. The normalized spacial score (nSPS) is 15.5. The number of nitrogens with zero attached hydrogens (tertiary/aromatic N) is 5. The van der Waals surface area contributed by atoms with Gasteiger partial charge in [-0.05, 0) is 23.6 Å². The average molecular weight is 439 g/mol. The third-order valence-electron chi connectivity index (χ3n) is 4.82. The van der Waals surface area contributed by atoms with E-state index in [-0.39, 0.29) is 5.69 Å². The van der Waals surface area contributed by atoms with Gasteiger partial charge in [-0.1, -0.05) is 5.16 Å². The van der Waals surface area contributed by atoms with Gasteiger partial charge in [-0.2, -0.15) is 29.5 Å². The molecule has 2 aromatic heterocycles. The molecule has 3 heterocycles. The van der Waals surface area contributed by atoms with Gasteiger partial charge in [-0.15, -0.1) is 0 Å². The maximum Gasteiger partial charge on any atom is 0.416 e. The second kappa shape index (κ2) is 8.03. The lowest BCUT2D eigenvalue weighted by Gasteiger charge is -2.35. The highest BCUT2D eigenvalue weighted by molar-refractivity contribution is 7.08. The Labute approximate surface area is 172 Å². The summed E-state index contributed by atoms with van der Waals surface area (Å²) in [5, 5.41) is 19.1. The Bertz CT molecular complexity index is 1030. The zero-order chi connectivity index (χ0) is 21.3. The molecule has 0 bridgehead atoms. The van der Waals surface area contributed by atoms with E-state index < -0.39 is 22.4 Å². The molecule has 1 aromatic carbocycles. The number of anilines is 1. The van der Waals surface area contributed by atoms with E-state index in [1.807, 2.05) is 16.8 Å². The first-order chi connectivity index (χ1) is 14.3. The van der Waals surface area contributed by atoms with Crippen LogP contribution in [0.1, 0.15) is 11.5 Å². The van der Waals surface area contributed by atoms with Gasteiger partial charge in [-0.25, -0.2) is 0 Å². The van der Waals surface area contributed by atoms with Crippen molar-refractivity contribution >= 4 is 22.7 Å². The zero-order valence-electron chi connectivity index (χ0n) is 15.5. The minimum absolute atomic E-state index is 0.185.